The Balaban J connectivity index is 1.46. The van der Waals surface area contributed by atoms with Gasteiger partial charge in [0.2, 0.25) is 5.91 Å². The minimum Gasteiger partial charge on any atom is -0.497 e. The van der Waals surface area contributed by atoms with Crippen molar-refractivity contribution in [3.05, 3.63) is 64.7 Å². The number of nitrogens with zero attached hydrogens (tertiary/aromatic N) is 1. The van der Waals surface area contributed by atoms with E-state index in [1.165, 1.54) is 0 Å². The molecule has 6 heteroatoms. The van der Waals surface area contributed by atoms with Crippen LogP contribution in [0.1, 0.15) is 41.6 Å². The van der Waals surface area contributed by atoms with Crippen molar-refractivity contribution in [2.75, 3.05) is 20.2 Å². The lowest BCUT2D eigenvalue weighted by Crippen LogP contribution is -2.40. The fourth-order valence-electron chi connectivity index (χ4n) is 3.66. The first-order valence-corrected chi connectivity index (χ1v) is 10.4. The highest BCUT2D eigenvalue weighted by Gasteiger charge is 2.25. The molecule has 2 aromatic carbocycles. The largest absolute Gasteiger partial charge is 0.497 e. The van der Waals surface area contributed by atoms with Crippen LogP contribution >= 0.6 is 11.6 Å². The van der Waals surface area contributed by atoms with Crippen molar-refractivity contribution in [2.45, 2.75) is 32.2 Å². The number of halogens is 1. The maximum atomic E-state index is 12.8. The minimum atomic E-state index is 0.0172. The van der Waals surface area contributed by atoms with E-state index in [9.17, 15) is 9.59 Å². The van der Waals surface area contributed by atoms with Gasteiger partial charge >= 0.3 is 0 Å². The van der Waals surface area contributed by atoms with Crippen LogP contribution < -0.4 is 10.1 Å². The highest BCUT2D eigenvalue weighted by Crippen LogP contribution is 2.23. The maximum absolute atomic E-state index is 12.8. The van der Waals surface area contributed by atoms with Crippen LogP contribution in [0.25, 0.3) is 0 Å². The second-order valence-corrected chi connectivity index (χ2v) is 7.80. The van der Waals surface area contributed by atoms with Gasteiger partial charge in [-0.25, -0.2) is 0 Å². The normalized spacial score (nSPS) is 16.3. The molecule has 29 heavy (non-hydrogen) atoms. The summed E-state index contributed by atoms with van der Waals surface area (Å²) in [4.78, 5) is 26.9. The standard InChI is InChI=1S/C23H27ClN2O3/c1-29-20-11-9-18(10-12-20)23(28)26-14-4-5-17(16-26)8-13-22(27)25-15-19-6-2-3-7-21(19)24/h2-3,6-7,9-12,17H,4-5,8,13-16H2,1H3,(H,25,27)/t17-/m1/s1. The van der Waals surface area contributed by atoms with Gasteiger partial charge in [0.1, 0.15) is 5.75 Å². The van der Waals surface area contributed by atoms with Crippen molar-refractivity contribution in [3.63, 3.8) is 0 Å². The quantitative estimate of drug-likeness (QED) is 0.734. The average molecular weight is 415 g/mol. The fraction of sp³-hybridized carbons (Fsp3) is 0.391. The Kier molecular flexibility index (Phi) is 7.53. The minimum absolute atomic E-state index is 0.0172. The molecule has 1 aliphatic heterocycles. The molecule has 1 heterocycles. The van der Waals surface area contributed by atoms with Crippen LogP contribution in [0.3, 0.4) is 0 Å². The van der Waals surface area contributed by atoms with Crippen LogP contribution in [0, 0.1) is 5.92 Å². The monoisotopic (exact) mass is 414 g/mol. The molecule has 0 saturated carbocycles. The van der Waals surface area contributed by atoms with Gasteiger partial charge < -0.3 is 15.0 Å². The van der Waals surface area contributed by atoms with Gasteiger partial charge in [-0.1, -0.05) is 29.8 Å². The SMILES string of the molecule is COc1ccc(C(=O)N2CCC[C@H](CCC(=O)NCc3ccccc3Cl)C2)cc1. The van der Waals surface area contributed by atoms with E-state index >= 15 is 0 Å². The van der Waals surface area contributed by atoms with E-state index in [2.05, 4.69) is 5.32 Å². The van der Waals surface area contributed by atoms with Crippen molar-refractivity contribution in [1.29, 1.82) is 0 Å². The van der Waals surface area contributed by atoms with Crippen LogP contribution in [0.5, 0.6) is 5.75 Å². The number of methoxy groups -OCH3 is 1. The molecule has 0 aromatic heterocycles. The second-order valence-electron chi connectivity index (χ2n) is 7.39. The molecule has 1 fully saturated rings. The molecule has 1 N–H and O–H groups in total. The third-order valence-electron chi connectivity index (χ3n) is 5.36. The van der Waals surface area contributed by atoms with Gasteiger partial charge in [0.15, 0.2) is 0 Å². The Morgan fingerprint density at radius 2 is 1.93 bits per heavy atom. The molecule has 3 rings (SSSR count). The molecule has 5 nitrogen and oxygen atoms in total. The van der Waals surface area contributed by atoms with Gasteiger partial charge in [0, 0.05) is 36.6 Å². The Bertz CT molecular complexity index is 838. The second kappa shape index (κ2) is 10.3. The molecule has 0 spiro atoms. The highest BCUT2D eigenvalue weighted by molar-refractivity contribution is 6.31. The van der Waals surface area contributed by atoms with E-state index < -0.39 is 0 Å². The summed E-state index contributed by atoms with van der Waals surface area (Å²) in [6.07, 6.45) is 3.25. The first-order valence-electron chi connectivity index (χ1n) is 10.00. The van der Waals surface area contributed by atoms with Crippen LogP contribution in [0.15, 0.2) is 48.5 Å². The predicted molar refractivity (Wildman–Crippen MR) is 114 cm³/mol. The van der Waals surface area contributed by atoms with Crippen molar-refractivity contribution in [1.82, 2.24) is 10.2 Å². The number of nitrogens with one attached hydrogen (secondary N) is 1. The molecule has 2 amide bonds. The number of hydrogen-bond acceptors (Lipinski definition) is 3. The van der Waals surface area contributed by atoms with Gasteiger partial charge in [-0.2, -0.15) is 0 Å². The van der Waals surface area contributed by atoms with E-state index in [1.54, 1.807) is 31.4 Å². The van der Waals surface area contributed by atoms with Gasteiger partial charge in [-0.3, -0.25) is 9.59 Å². The smallest absolute Gasteiger partial charge is 0.253 e. The van der Waals surface area contributed by atoms with Gasteiger partial charge in [-0.15, -0.1) is 0 Å². The summed E-state index contributed by atoms with van der Waals surface area (Å²) in [5, 5.41) is 3.59. The van der Waals surface area contributed by atoms with Crippen molar-refractivity contribution < 1.29 is 14.3 Å². The lowest BCUT2D eigenvalue weighted by atomic mass is 9.92. The lowest BCUT2D eigenvalue weighted by Gasteiger charge is -2.33. The number of carbonyl (C=O) groups is 2. The molecule has 2 aromatic rings. The fourth-order valence-corrected chi connectivity index (χ4v) is 3.86. The number of rotatable bonds is 7. The predicted octanol–water partition coefficient (Wildman–Crippen LogP) is 4.30. The first kappa shape index (κ1) is 21.2. The Labute approximate surface area is 177 Å². The van der Waals surface area contributed by atoms with Gasteiger partial charge in [0.05, 0.1) is 7.11 Å². The van der Waals surface area contributed by atoms with Crippen molar-refractivity contribution in [3.8, 4) is 5.75 Å². The summed E-state index contributed by atoms with van der Waals surface area (Å²) in [5.74, 6) is 1.14. The summed E-state index contributed by atoms with van der Waals surface area (Å²) in [7, 11) is 1.61. The van der Waals surface area contributed by atoms with E-state index in [0.29, 0.717) is 36.0 Å². The summed E-state index contributed by atoms with van der Waals surface area (Å²) in [5.41, 5.74) is 1.58. The third-order valence-corrected chi connectivity index (χ3v) is 5.73. The number of amides is 2. The number of benzene rings is 2. The number of ether oxygens (including phenoxy) is 1. The van der Waals surface area contributed by atoms with Crippen LogP contribution in [0.2, 0.25) is 5.02 Å². The molecule has 0 bridgehead atoms. The van der Waals surface area contributed by atoms with Gasteiger partial charge in [0.25, 0.3) is 5.91 Å². The molecule has 1 atom stereocenters. The number of carbonyl (C=O) groups excluding carboxylic acids is 2. The van der Waals surface area contributed by atoms with Gasteiger partial charge in [-0.05, 0) is 61.1 Å². The number of hydrogen-bond donors (Lipinski definition) is 1. The zero-order valence-electron chi connectivity index (χ0n) is 16.7. The average Bonchev–Trinajstić information content (AvgIpc) is 2.77. The summed E-state index contributed by atoms with van der Waals surface area (Å²) in [6, 6.07) is 14.7. The Morgan fingerprint density at radius 1 is 1.17 bits per heavy atom. The number of likely N-dealkylation sites (tertiary alicyclic amines) is 1. The molecule has 1 aliphatic rings. The first-order chi connectivity index (χ1) is 14.1. The zero-order valence-corrected chi connectivity index (χ0v) is 17.5. The van der Waals surface area contributed by atoms with E-state index in [0.717, 1.165) is 37.1 Å². The molecule has 0 radical (unpaired) electrons. The molecular formula is C23H27ClN2O3. The van der Waals surface area contributed by atoms with Crippen molar-refractivity contribution >= 4 is 23.4 Å². The molecule has 0 aliphatic carbocycles. The summed E-state index contributed by atoms with van der Waals surface area (Å²) in [6.45, 7) is 1.90. The molecule has 1 saturated heterocycles. The van der Waals surface area contributed by atoms with Crippen molar-refractivity contribution in [2.24, 2.45) is 5.92 Å². The Morgan fingerprint density at radius 3 is 2.66 bits per heavy atom. The van der Waals surface area contributed by atoms with E-state index in [-0.39, 0.29) is 11.8 Å². The lowest BCUT2D eigenvalue weighted by molar-refractivity contribution is -0.121. The summed E-state index contributed by atoms with van der Waals surface area (Å²) >= 11 is 6.12. The van der Waals surface area contributed by atoms with Crippen LogP contribution in [-0.4, -0.2) is 36.9 Å². The zero-order chi connectivity index (χ0) is 20.6. The van der Waals surface area contributed by atoms with Crippen LogP contribution in [0.4, 0.5) is 0 Å². The van der Waals surface area contributed by atoms with Crippen LogP contribution in [-0.2, 0) is 11.3 Å². The molecular weight excluding hydrogens is 388 g/mol. The molecule has 154 valence electrons. The molecule has 0 unspecified atom stereocenters. The maximum Gasteiger partial charge on any atom is 0.253 e. The summed E-state index contributed by atoms with van der Waals surface area (Å²) < 4.78 is 5.15. The van der Waals surface area contributed by atoms with E-state index in [1.807, 2.05) is 29.2 Å². The van der Waals surface area contributed by atoms with E-state index in [4.69, 9.17) is 16.3 Å². The topological polar surface area (TPSA) is 58.6 Å². The highest BCUT2D eigenvalue weighted by atomic mass is 35.5. The number of piperidine rings is 1. The third kappa shape index (κ3) is 5.97. The Hall–Kier alpha value is -2.53.